The minimum atomic E-state index is -0.824. The summed E-state index contributed by atoms with van der Waals surface area (Å²) in [6.45, 7) is 9.77. The maximum absolute atomic E-state index is 12.2. The Balaban J connectivity index is 2.02. The predicted molar refractivity (Wildman–Crippen MR) is 83.1 cm³/mol. The van der Waals surface area contributed by atoms with E-state index in [2.05, 4.69) is 32.9 Å². The number of epoxide rings is 1. The molecule has 5 heteroatoms. The summed E-state index contributed by atoms with van der Waals surface area (Å²) in [5.41, 5.74) is 0.385. The summed E-state index contributed by atoms with van der Waals surface area (Å²) in [4.78, 5) is 13.8. The van der Waals surface area contributed by atoms with Crippen molar-refractivity contribution in [3.63, 3.8) is 0 Å². The van der Waals surface area contributed by atoms with Crippen molar-refractivity contribution < 1.29 is 14.3 Å². The van der Waals surface area contributed by atoms with Gasteiger partial charge in [-0.3, -0.25) is 4.79 Å². The number of β-lactam (4-membered cyclic amide) rings is 1. The summed E-state index contributed by atoms with van der Waals surface area (Å²) in [5.74, 6) is -0.116. The van der Waals surface area contributed by atoms with E-state index in [0.717, 1.165) is 12.8 Å². The van der Waals surface area contributed by atoms with E-state index in [0.29, 0.717) is 6.10 Å². The zero-order chi connectivity index (χ0) is 16.7. The van der Waals surface area contributed by atoms with Gasteiger partial charge < -0.3 is 14.4 Å². The number of nitrogens with zero attached hydrogens (tertiary/aromatic N) is 2. The van der Waals surface area contributed by atoms with Crippen LogP contribution >= 0.6 is 0 Å². The molecule has 22 heavy (non-hydrogen) atoms. The van der Waals surface area contributed by atoms with Gasteiger partial charge in [-0.05, 0) is 47.5 Å². The van der Waals surface area contributed by atoms with Crippen LogP contribution < -0.4 is 0 Å². The lowest BCUT2D eigenvalue weighted by molar-refractivity contribution is -0.173. The van der Waals surface area contributed by atoms with E-state index in [4.69, 9.17) is 9.47 Å². The first kappa shape index (κ1) is 17.0. The van der Waals surface area contributed by atoms with Crippen molar-refractivity contribution in [1.29, 1.82) is 5.26 Å². The van der Waals surface area contributed by atoms with E-state index in [1.807, 2.05) is 0 Å². The Morgan fingerprint density at radius 2 is 2.14 bits per heavy atom. The first-order valence-corrected chi connectivity index (χ1v) is 7.76. The normalized spacial score (nSPS) is 30.8. The molecule has 3 atom stereocenters. The van der Waals surface area contributed by atoms with Gasteiger partial charge in [0.05, 0.1) is 23.8 Å². The van der Waals surface area contributed by atoms with Crippen LogP contribution in [0.5, 0.6) is 0 Å². The van der Waals surface area contributed by atoms with E-state index in [1.165, 1.54) is 12.7 Å². The van der Waals surface area contributed by atoms with Crippen LogP contribution in [0.15, 0.2) is 11.6 Å². The SMILES string of the molecule is COC1C(=O)N(C(C)(C)C#N)C1C=C(C)CCC1OC1(C)C. The summed E-state index contributed by atoms with van der Waals surface area (Å²) < 4.78 is 10.9. The monoisotopic (exact) mass is 306 g/mol. The lowest BCUT2D eigenvalue weighted by Gasteiger charge is -2.50. The lowest BCUT2D eigenvalue weighted by Crippen LogP contribution is -2.70. The minimum Gasteiger partial charge on any atom is -0.369 e. The van der Waals surface area contributed by atoms with Crippen LogP contribution in [0.3, 0.4) is 0 Å². The van der Waals surface area contributed by atoms with Crippen molar-refractivity contribution >= 4 is 5.91 Å². The number of rotatable bonds is 6. The predicted octanol–water partition coefficient (Wildman–Crippen LogP) is 2.42. The molecule has 0 aromatic carbocycles. The Bertz CT molecular complexity index is 531. The molecule has 2 rings (SSSR count). The van der Waals surface area contributed by atoms with Crippen LogP contribution in [0.1, 0.15) is 47.5 Å². The Hall–Kier alpha value is -1.38. The molecule has 0 aromatic rings. The second-order valence-corrected chi connectivity index (χ2v) is 7.29. The number of carbonyl (C=O) groups is 1. The second-order valence-electron chi connectivity index (χ2n) is 7.29. The summed E-state index contributed by atoms with van der Waals surface area (Å²) in [6, 6.07) is 2.03. The van der Waals surface area contributed by atoms with Gasteiger partial charge in [0.2, 0.25) is 0 Å². The maximum Gasteiger partial charge on any atom is 0.256 e. The fraction of sp³-hybridized carbons (Fsp3) is 0.765. The van der Waals surface area contributed by atoms with Gasteiger partial charge in [0, 0.05) is 7.11 Å². The molecule has 2 aliphatic heterocycles. The Morgan fingerprint density at radius 1 is 1.55 bits per heavy atom. The number of nitriles is 1. The Labute approximate surface area is 132 Å². The van der Waals surface area contributed by atoms with E-state index < -0.39 is 11.6 Å². The number of likely N-dealkylation sites (tertiary alicyclic amines) is 1. The molecule has 0 spiro atoms. The number of hydrogen-bond acceptors (Lipinski definition) is 4. The largest absolute Gasteiger partial charge is 0.369 e. The molecule has 0 aliphatic carbocycles. The molecule has 0 bridgehead atoms. The molecule has 0 N–H and O–H groups in total. The third-order valence-corrected chi connectivity index (χ3v) is 4.64. The first-order chi connectivity index (χ1) is 10.1. The highest BCUT2D eigenvalue weighted by Crippen LogP contribution is 2.39. The van der Waals surface area contributed by atoms with Crippen molar-refractivity contribution in [3.05, 3.63) is 11.6 Å². The zero-order valence-corrected chi connectivity index (χ0v) is 14.3. The third kappa shape index (κ3) is 3.04. The highest BCUT2D eigenvalue weighted by molar-refractivity contribution is 5.90. The molecule has 3 unspecified atom stereocenters. The van der Waals surface area contributed by atoms with Gasteiger partial charge in [-0.1, -0.05) is 11.6 Å². The molecule has 0 aromatic heterocycles. The van der Waals surface area contributed by atoms with Crippen molar-refractivity contribution in [2.24, 2.45) is 0 Å². The van der Waals surface area contributed by atoms with Gasteiger partial charge in [0.1, 0.15) is 5.54 Å². The molecule has 0 saturated carbocycles. The minimum absolute atomic E-state index is 0.0105. The van der Waals surface area contributed by atoms with Crippen LogP contribution in [-0.4, -0.2) is 47.3 Å². The summed E-state index contributed by atoms with van der Waals surface area (Å²) in [7, 11) is 1.54. The number of methoxy groups -OCH3 is 1. The second kappa shape index (κ2) is 5.68. The molecule has 0 radical (unpaired) electrons. The molecule has 1 amide bonds. The van der Waals surface area contributed by atoms with Crippen molar-refractivity contribution in [2.45, 2.75) is 76.9 Å². The first-order valence-electron chi connectivity index (χ1n) is 7.76. The smallest absolute Gasteiger partial charge is 0.256 e. The number of hydrogen-bond donors (Lipinski definition) is 0. The standard InChI is InChI=1S/C17H26N2O3/c1-11(7-8-13-17(4,5)22-13)9-12-14(21-6)15(20)19(12)16(2,3)10-18/h9,12-14H,7-8H2,1-6H3. The van der Waals surface area contributed by atoms with E-state index in [9.17, 15) is 10.1 Å². The molecule has 2 saturated heterocycles. The molecular formula is C17H26N2O3. The summed E-state index contributed by atoms with van der Waals surface area (Å²) >= 11 is 0. The number of ether oxygens (including phenoxy) is 2. The molecule has 122 valence electrons. The molecule has 2 heterocycles. The van der Waals surface area contributed by atoms with Crippen LogP contribution in [0.4, 0.5) is 0 Å². The Kier molecular flexibility index (Phi) is 4.38. The van der Waals surface area contributed by atoms with Gasteiger partial charge in [0.25, 0.3) is 5.91 Å². The topological polar surface area (TPSA) is 65.9 Å². The van der Waals surface area contributed by atoms with E-state index >= 15 is 0 Å². The van der Waals surface area contributed by atoms with Crippen molar-refractivity contribution in [2.75, 3.05) is 7.11 Å². The van der Waals surface area contributed by atoms with Crippen LogP contribution in [0, 0.1) is 11.3 Å². The summed E-state index contributed by atoms with van der Waals surface area (Å²) in [6.07, 6.45) is 3.81. The molecule has 2 aliphatic rings. The maximum atomic E-state index is 12.2. The van der Waals surface area contributed by atoms with Crippen molar-refractivity contribution in [3.8, 4) is 6.07 Å². The zero-order valence-electron chi connectivity index (χ0n) is 14.3. The van der Waals surface area contributed by atoms with Crippen LogP contribution in [0.2, 0.25) is 0 Å². The highest BCUT2D eigenvalue weighted by atomic mass is 16.6. The van der Waals surface area contributed by atoms with Crippen molar-refractivity contribution in [1.82, 2.24) is 4.90 Å². The fourth-order valence-corrected chi connectivity index (χ4v) is 3.06. The molecule has 5 nitrogen and oxygen atoms in total. The fourth-order valence-electron chi connectivity index (χ4n) is 3.06. The molecule has 2 fully saturated rings. The molecular weight excluding hydrogens is 280 g/mol. The van der Waals surface area contributed by atoms with Gasteiger partial charge in [-0.15, -0.1) is 0 Å². The average Bonchev–Trinajstić information content (AvgIpc) is 3.03. The summed E-state index contributed by atoms with van der Waals surface area (Å²) in [5, 5.41) is 9.28. The highest BCUT2D eigenvalue weighted by Gasteiger charge is 2.53. The number of carbonyl (C=O) groups excluding carboxylic acids is 1. The van der Waals surface area contributed by atoms with Crippen LogP contribution in [-0.2, 0) is 14.3 Å². The van der Waals surface area contributed by atoms with Gasteiger partial charge in [0.15, 0.2) is 6.10 Å². The van der Waals surface area contributed by atoms with E-state index in [-0.39, 0.29) is 17.6 Å². The van der Waals surface area contributed by atoms with E-state index in [1.54, 1.807) is 18.7 Å². The number of allylic oxidation sites excluding steroid dienone is 1. The lowest BCUT2D eigenvalue weighted by atomic mass is 9.87. The third-order valence-electron chi connectivity index (χ3n) is 4.64. The quantitative estimate of drug-likeness (QED) is 0.429. The number of amides is 1. The van der Waals surface area contributed by atoms with Gasteiger partial charge in [-0.2, -0.15) is 5.26 Å². The van der Waals surface area contributed by atoms with Gasteiger partial charge >= 0.3 is 0 Å². The average molecular weight is 306 g/mol. The van der Waals surface area contributed by atoms with Crippen LogP contribution in [0.25, 0.3) is 0 Å². The van der Waals surface area contributed by atoms with Gasteiger partial charge in [-0.25, -0.2) is 0 Å². The Morgan fingerprint density at radius 3 is 2.59 bits per heavy atom.